The van der Waals surface area contributed by atoms with Gasteiger partial charge in [0.1, 0.15) is 11.7 Å². The molecule has 0 amide bonds. The Morgan fingerprint density at radius 3 is 2.33 bits per heavy atom. The number of piperazine rings is 1. The van der Waals surface area contributed by atoms with Crippen molar-refractivity contribution in [2.45, 2.75) is 6.18 Å². The van der Waals surface area contributed by atoms with Crippen LogP contribution in [0.2, 0.25) is 0 Å². The van der Waals surface area contributed by atoms with E-state index >= 15 is 0 Å². The van der Waals surface area contributed by atoms with Crippen molar-refractivity contribution in [2.24, 2.45) is 5.73 Å². The van der Waals surface area contributed by atoms with Crippen LogP contribution in [0, 0.1) is 11.2 Å². The Morgan fingerprint density at radius 1 is 1.19 bits per heavy atom. The van der Waals surface area contributed by atoms with Crippen molar-refractivity contribution >= 4 is 11.5 Å². The molecule has 1 aromatic rings. The minimum absolute atomic E-state index is 0.258. The maximum Gasteiger partial charge on any atom is 0.401 e. The maximum absolute atomic E-state index is 13.2. The molecule has 2 rings (SSSR count). The van der Waals surface area contributed by atoms with E-state index in [1.54, 1.807) is 0 Å². The minimum atomic E-state index is -4.21. The topological polar surface area (TPSA) is 56.4 Å². The van der Waals surface area contributed by atoms with E-state index in [1.807, 2.05) is 4.90 Å². The summed E-state index contributed by atoms with van der Waals surface area (Å²) in [4.78, 5) is 3.15. The number of amidine groups is 1. The molecule has 0 saturated carbocycles. The lowest BCUT2D eigenvalue weighted by Crippen LogP contribution is -2.49. The van der Waals surface area contributed by atoms with Crippen LogP contribution in [0.1, 0.15) is 5.56 Å². The van der Waals surface area contributed by atoms with Crippen LogP contribution >= 0.6 is 0 Å². The van der Waals surface area contributed by atoms with Gasteiger partial charge < -0.3 is 10.6 Å². The summed E-state index contributed by atoms with van der Waals surface area (Å²) in [7, 11) is 0. The standard InChI is InChI=1S/C13H16F4N4/c14-9-1-2-11(10(7-9)12(18)19)21-5-3-20(4-6-21)8-13(15,16)17/h1-2,7H,3-6,8H2,(H3,18,19). The number of nitrogen functional groups attached to an aromatic ring is 1. The van der Waals surface area contributed by atoms with Gasteiger partial charge in [-0.1, -0.05) is 0 Å². The number of nitrogens with one attached hydrogen (secondary N) is 1. The SMILES string of the molecule is N=C(N)c1cc(F)ccc1N1CCN(CC(F)(F)F)CC1. The van der Waals surface area contributed by atoms with Crippen LogP contribution in [0.25, 0.3) is 0 Å². The van der Waals surface area contributed by atoms with Gasteiger partial charge >= 0.3 is 6.18 Å². The average molecular weight is 304 g/mol. The number of hydrogen-bond donors (Lipinski definition) is 2. The van der Waals surface area contributed by atoms with Crippen molar-refractivity contribution in [2.75, 3.05) is 37.6 Å². The smallest absolute Gasteiger partial charge is 0.384 e. The van der Waals surface area contributed by atoms with Crippen molar-refractivity contribution in [3.63, 3.8) is 0 Å². The number of hydrogen-bond acceptors (Lipinski definition) is 3. The lowest BCUT2D eigenvalue weighted by atomic mass is 10.1. The molecule has 1 fully saturated rings. The highest BCUT2D eigenvalue weighted by molar-refractivity contribution is 6.00. The van der Waals surface area contributed by atoms with Gasteiger partial charge in [-0.25, -0.2) is 4.39 Å². The molecule has 0 atom stereocenters. The Balaban J connectivity index is 2.07. The van der Waals surface area contributed by atoms with E-state index in [0.717, 1.165) is 0 Å². The van der Waals surface area contributed by atoms with Crippen LogP contribution in [0.4, 0.5) is 23.2 Å². The van der Waals surface area contributed by atoms with Gasteiger partial charge in [-0.2, -0.15) is 13.2 Å². The molecule has 116 valence electrons. The van der Waals surface area contributed by atoms with Gasteiger partial charge in [-0.15, -0.1) is 0 Å². The molecule has 21 heavy (non-hydrogen) atoms. The molecule has 0 spiro atoms. The lowest BCUT2D eigenvalue weighted by molar-refractivity contribution is -0.146. The highest BCUT2D eigenvalue weighted by atomic mass is 19.4. The Morgan fingerprint density at radius 2 is 1.81 bits per heavy atom. The van der Waals surface area contributed by atoms with Crippen molar-refractivity contribution in [1.29, 1.82) is 5.41 Å². The van der Waals surface area contributed by atoms with Crippen molar-refractivity contribution < 1.29 is 17.6 Å². The maximum atomic E-state index is 13.2. The first-order chi connectivity index (χ1) is 9.76. The molecular formula is C13H16F4N4. The van der Waals surface area contributed by atoms with Gasteiger partial charge in [0.15, 0.2) is 0 Å². The fourth-order valence-corrected chi connectivity index (χ4v) is 2.40. The second kappa shape index (κ2) is 5.88. The van der Waals surface area contributed by atoms with Gasteiger partial charge in [0, 0.05) is 37.4 Å². The quantitative estimate of drug-likeness (QED) is 0.508. The fourth-order valence-electron chi connectivity index (χ4n) is 2.40. The van der Waals surface area contributed by atoms with Crippen molar-refractivity contribution in [1.82, 2.24) is 4.90 Å². The number of alkyl halides is 3. The number of anilines is 1. The van der Waals surface area contributed by atoms with Gasteiger partial charge in [0.25, 0.3) is 0 Å². The normalized spacial score (nSPS) is 17.0. The Bertz CT molecular complexity index is 521. The van der Waals surface area contributed by atoms with E-state index in [9.17, 15) is 17.6 Å². The molecule has 4 nitrogen and oxygen atoms in total. The first-order valence-corrected chi connectivity index (χ1v) is 6.44. The third-order valence-corrected chi connectivity index (χ3v) is 3.36. The van der Waals surface area contributed by atoms with Crippen LogP contribution in [-0.4, -0.2) is 49.6 Å². The molecule has 0 unspecified atom stereocenters. The van der Waals surface area contributed by atoms with Gasteiger partial charge in [0.05, 0.1) is 6.54 Å². The van der Waals surface area contributed by atoms with E-state index in [-0.39, 0.29) is 24.5 Å². The zero-order valence-electron chi connectivity index (χ0n) is 11.3. The number of halogens is 4. The molecule has 1 saturated heterocycles. The zero-order valence-corrected chi connectivity index (χ0v) is 11.3. The van der Waals surface area contributed by atoms with Crippen LogP contribution < -0.4 is 10.6 Å². The predicted octanol–water partition coefficient (Wildman–Crippen LogP) is 1.79. The highest BCUT2D eigenvalue weighted by Gasteiger charge is 2.32. The van der Waals surface area contributed by atoms with Gasteiger partial charge in [-0.3, -0.25) is 10.3 Å². The van der Waals surface area contributed by atoms with E-state index in [0.29, 0.717) is 18.8 Å². The summed E-state index contributed by atoms with van der Waals surface area (Å²) >= 11 is 0. The van der Waals surface area contributed by atoms with Crippen LogP contribution in [-0.2, 0) is 0 Å². The number of benzene rings is 1. The monoisotopic (exact) mass is 304 g/mol. The molecule has 1 aromatic carbocycles. The van der Waals surface area contributed by atoms with E-state index in [4.69, 9.17) is 11.1 Å². The summed E-state index contributed by atoms with van der Waals surface area (Å²) in [6.07, 6.45) is -4.21. The first-order valence-electron chi connectivity index (χ1n) is 6.44. The Hall–Kier alpha value is -1.83. The average Bonchev–Trinajstić information content (AvgIpc) is 2.38. The Kier molecular flexibility index (Phi) is 4.36. The summed E-state index contributed by atoms with van der Waals surface area (Å²) < 4.78 is 50.2. The molecule has 1 aliphatic rings. The minimum Gasteiger partial charge on any atom is -0.384 e. The summed E-state index contributed by atoms with van der Waals surface area (Å²) in [6, 6.07) is 3.93. The number of rotatable bonds is 3. The predicted molar refractivity (Wildman–Crippen MR) is 72.1 cm³/mol. The third-order valence-electron chi connectivity index (χ3n) is 3.36. The Labute approximate surface area is 119 Å². The molecular weight excluding hydrogens is 288 g/mol. The van der Waals surface area contributed by atoms with E-state index in [2.05, 4.69) is 0 Å². The highest BCUT2D eigenvalue weighted by Crippen LogP contribution is 2.24. The van der Waals surface area contributed by atoms with Crippen molar-refractivity contribution in [3.05, 3.63) is 29.6 Å². The van der Waals surface area contributed by atoms with E-state index < -0.39 is 18.5 Å². The molecule has 0 bridgehead atoms. The molecule has 8 heteroatoms. The van der Waals surface area contributed by atoms with Crippen LogP contribution in [0.5, 0.6) is 0 Å². The molecule has 1 aliphatic heterocycles. The molecule has 0 aromatic heterocycles. The van der Waals surface area contributed by atoms with Crippen LogP contribution in [0.15, 0.2) is 18.2 Å². The molecule has 1 heterocycles. The lowest BCUT2D eigenvalue weighted by Gasteiger charge is -2.37. The third kappa shape index (κ3) is 4.07. The second-order valence-corrected chi connectivity index (χ2v) is 4.95. The summed E-state index contributed by atoms with van der Waals surface area (Å²) in [6.45, 7) is 0.344. The van der Waals surface area contributed by atoms with Crippen molar-refractivity contribution in [3.8, 4) is 0 Å². The molecule has 0 aliphatic carbocycles. The number of nitrogens with two attached hydrogens (primary N) is 1. The van der Waals surface area contributed by atoms with Crippen LogP contribution in [0.3, 0.4) is 0 Å². The molecule has 3 N–H and O–H groups in total. The summed E-state index contributed by atoms with van der Waals surface area (Å²) in [5, 5.41) is 7.47. The number of nitrogens with zero attached hydrogens (tertiary/aromatic N) is 2. The summed E-state index contributed by atoms with van der Waals surface area (Å²) in [5.41, 5.74) is 6.27. The van der Waals surface area contributed by atoms with Gasteiger partial charge in [0.2, 0.25) is 0 Å². The summed E-state index contributed by atoms with van der Waals surface area (Å²) in [5.74, 6) is -0.762. The second-order valence-electron chi connectivity index (χ2n) is 4.95. The zero-order chi connectivity index (χ0) is 15.6. The largest absolute Gasteiger partial charge is 0.401 e. The molecule has 0 radical (unpaired) electrons. The van der Waals surface area contributed by atoms with E-state index in [1.165, 1.54) is 23.1 Å². The fraction of sp³-hybridized carbons (Fsp3) is 0.462. The first kappa shape index (κ1) is 15.6. The van der Waals surface area contributed by atoms with Gasteiger partial charge in [-0.05, 0) is 18.2 Å².